The zero-order valence-electron chi connectivity index (χ0n) is 15.8. The van der Waals surface area contributed by atoms with Crippen LogP contribution in [0.15, 0.2) is 63.8 Å². The second kappa shape index (κ2) is 8.87. The molecule has 9 heteroatoms. The van der Waals surface area contributed by atoms with Crippen molar-refractivity contribution >= 4 is 17.6 Å². The summed E-state index contributed by atoms with van der Waals surface area (Å²) >= 11 is 0. The number of benzene rings is 2. The van der Waals surface area contributed by atoms with E-state index in [1.54, 1.807) is 48.5 Å². The zero-order chi connectivity index (χ0) is 20.8. The minimum absolute atomic E-state index is 0.0900. The normalized spacial score (nSPS) is 11.5. The number of hydrogen-bond acceptors (Lipinski definition) is 7. The molecule has 0 aliphatic carbocycles. The van der Waals surface area contributed by atoms with Crippen molar-refractivity contribution in [1.29, 1.82) is 0 Å². The molecule has 3 rings (SSSR count). The monoisotopic (exact) mass is 397 g/mol. The molecular weight excluding hydrogens is 378 g/mol. The van der Waals surface area contributed by atoms with Gasteiger partial charge in [0.2, 0.25) is 5.89 Å². The summed E-state index contributed by atoms with van der Waals surface area (Å²) in [6.07, 6.45) is -1.08. The van der Waals surface area contributed by atoms with Gasteiger partial charge in [-0.1, -0.05) is 24.3 Å². The smallest absolute Gasteiger partial charge is 0.437 e. The van der Waals surface area contributed by atoms with Crippen LogP contribution in [-0.4, -0.2) is 34.9 Å². The molecular formula is C20H19N3O6. The lowest BCUT2D eigenvalue weighted by Crippen LogP contribution is -2.32. The second-order valence-corrected chi connectivity index (χ2v) is 6.05. The molecule has 2 aromatic carbocycles. The first-order valence-corrected chi connectivity index (χ1v) is 8.74. The summed E-state index contributed by atoms with van der Waals surface area (Å²) in [4.78, 5) is 36.2. The topological polar surface area (TPSA) is 113 Å². The first-order chi connectivity index (χ1) is 14.0. The van der Waals surface area contributed by atoms with Crippen LogP contribution < -0.4 is 15.8 Å². The number of ether oxygens (including phenoxy) is 2. The quantitative estimate of drug-likeness (QED) is 0.607. The molecule has 29 heavy (non-hydrogen) atoms. The van der Waals surface area contributed by atoms with Gasteiger partial charge in [-0.25, -0.2) is 4.79 Å². The maximum absolute atomic E-state index is 12.2. The largest absolute Gasteiger partial charge is 0.497 e. The molecule has 9 nitrogen and oxygen atoms in total. The van der Waals surface area contributed by atoms with Crippen LogP contribution in [0.5, 0.6) is 5.75 Å². The Morgan fingerprint density at radius 1 is 1.17 bits per heavy atom. The van der Waals surface area contributed by atoms with Gasteiger partial charge in [0.05, 0.1) is 7.11 Å². The van der Waals surface area contributed by atoms with Crippen LogP contribution >= 0.6 is 0 Å². The van der Waals surface area contributed by atoms with Gasteiger partial charge in [-0.15, -0.1) is 5.10 Å². The van der Waals surface area contributed by atoms with Gasteiger partial charge in [0, 0.05) is 17.3 Å². The molecule has 1 aromatic heterocycles. The fraction of sp³-hybridized carbons (Fsp3) is 0.200. The van der Waals surface area contributed by atoms with E-state index in [1.165, 1.54) is 14.0 Å². The molecule has 0 radical (unpaired) electrons. The molecule has 1 atom stereocenters. The Labute approximate surface area is 165 Å². The predicted molar refractivity (Wildman–Crippen MR) is 103 cm³/mol. The molecule has 0 fully saturated rings. The standard InChI is InChI=1S/C20H19N3O6/c1-13(18(25)21-15-9-6-10-16(11-15)27-2)28-17(24)12-23-20(26)29-19(22-23)14-7-4-3-5-8-14/h3-11,13H,12H2,1-2H3,(H,21,25)/t13-/m0/s1. The van der Waals surface area contributed by atoms with Gasteiger partial charge in [0.25, 0.3) is 5.91 Å². The maximum Gasteiger partial charge on any atom is 0.437 e. The maximum atomic E-state index is 12.2. The molecule has 0 saturated heterocycles. The van der Waals surface area contributed by atoms with Crippen molar-refractivity contribution in [1.82, 2.24) is 9.78 Å². The van der Waals surface area contributed by atoms with Crippen LogP contribution in [0.3, 0.4) is 0 Å². The highest BCUT2D eigenvalue weighted by Gasteiger charge is 2.20. The minimum atomic E-state index is -1.08. The molecule has 150 valence electrons. The molecule has 0 spiro atoms. The van der Waals surface area contributed by atoms with Crippen molar-refractivity contribution in [2.45, 2.75) is 19.6 Å². The van der Waals surface area contributed by atoms with Crippen molar-refractivity contribution in [3.63, 3.8) is 0 Å². The zero-order valence-corrected chi connectivity index (χ0v) is 15.8. The van der Waals surface area contributed by atoms with Crippen LogP contribution in [0.2, 0.25) is 0 Å². The van der Waals surface area contributed by atoms with Crippen LogP contribution in [0.1, 0.15) is 6.92 Å². The minimum Gasteiger partial charge on any atom is -0.497 e. The molecule has 0 unspecified atom stereocenters. The summed E-state index contributed by atoms with van der Waals surface area (Å²) in [5, 5.41) is 6.61. The predicted octanol–water partition coefficient (Wildman–Crippen LogP) is 2.08. The third kappa shape index (κ3) is 5.10. The summed E-state index contributed by atoms with van der Waals surface area (Å²) in [7, 11) is 1.51. The number of nitrogens with one attached hydrogen (secondary N) is 1. The average molecular weight is 397 g/mol. The highest BCUT2D eigenvalue weighted by atomic mass is 16.5. The number of carbonyl (C=O) groups excluding carboxylic acids is 2. The summed E-state index contributed by atoms with van der Waals surface area (Å²) in [6.45, 7) is 0.945. The average Bonchev–Trinajstić information content (AvgIpc) is 3.09. The molecule has 0 bridgehead atoms. The number of methoxy groups -OCH3 is 1. The van der Waals surface area contributed by atoms with Gasteiger partial charge < -0.3 is 19.2 Å². The van der Waals surface area contributed by atoms with Gasteiger partial charge in [-0.3, -0.25) is 9.59 Å². The van der Waals surface area contributed by atoms with Gasteiger partial charge in [-0.05, 0) is 31.2 Å². The van der Waals surface area contributed by atoms with Gasteiger partial charge in [0.1, 0.15) is 12.3 Å². The number of amides is 1. The Morgan fingerprint density at radius 2 is 1.93 bits per heavy atom. The third-order valence-corrected chi connectivity index (χ3v) is 3.92. The second-order valence-electron chi connectivity index (χ2n) is 6.05. The number of rotatable bonds is 7. The van der Waals surface area contributed by atoms with E-state index < -0.39 is 30.3 Å². The van der Waals surface area contributed by atoms with Crippen molar-refractivity contribution in [3.8, 4) is 17.2 Å². The Morgan fingerprint density at radius 3 is 2.66 bits per heavy atom. The lowest BCUT2D eigenvalue weighted by atomic mass is 10.2. The van der Waals surface area contributed by atoms with Crippen molar-refractivity contribution in [2.24, 2.45) is 0 Å². The van der Waals surface area contributed by atoms with Crippen LogP contribution in [0, 0.1) is 0 Å². The van der Waals surface area contributed by atoms with E-state index in [1.807, 2.05) is 6.07 Å². The SMILES string of the molecule is COc1cccc(NC(=O)[C@H](C)OC(=O)Cn2nc(-c3ccccc3)oc2=O)c1. The number of carbonyl (C=O) groups is 2. The third-order valence-electron chi connectivity index (χ3n) is 3.92. The van der Waals surface area contributed by atoms with E-state index in [4.69, 9.17) is 13.9 Å². The summed E-state index contributed by atoms with van der Waals surface area (Å²) in [5.74, 6) is -1.45. The first-order valence-electron chi connectivity index (χ1n) is 8.74. The van der Waals surface area contributed by atoms with Gasteiger partial charge >= 0.3 is 11.7 Å². The van der Waals surface area contributed by atoms with E-state index in [2.05, 4.69) is 10.4 Å². The highest BCUT2D eigenvalue weighted by molar-refractivity contribution is 5.95. The Bertz CT molecular complexity index is 1060. The van der Waals surface area contributed by atoms with Crippen LogP contribution in [-0.2, 0) is 20.9 Å². The van der Waals surface area contributed by atoms with E-state index in [9.17, 15) is 14.4 Å². The van der Waals surface area contributed by atoms with Gasteiger partial charge in [0.15, 0.2) is 6.10 Å². The van der Waals surface area contributed by atoms with E-state index in [-0.39, 0.29) is 5.89 Å². The Kier molecular flexibility index (Phi) is 6.08. The number of esters is 1. The summed E-state index contributed by atoms with van der Waals surface area (Å²) < 4.78 is 16.1. The van der Waals surface area contributed by atoms with Crippen LogP contribution in [0.25, 0.3) is 11.5 Å². The number of aromatic nitrogens is 2. The number of hydrogen-bond donors (Lipinski definition) is 1. The molecule has 1 heterocycles. The summed E-state index contributed by atoms with van der Waals surface area (Å²) in [6, 6.07) is 15.6. The molecule has 0 aliphatic heterocycles. The lowest BCUT2D eigenvalue weighted by Gasteiger charge is -2.13. The fourth-order valence-corrected chi connectivity index (χ4v) is 2.46. The van der Waals surface area contributed by atoms with Crippen molar-refractivity contribution in [3.05, 3.63) is 65.1 Å². The molecule has 0 aliphatic rings. The van der Waals surface area contributed by atoms with E-state index in [0.717, 1.165) is 4.68 Å². The lowest BCUT2D eigenvalue weighted by molar-refractivity contribution is -0.154. The van der Waals surface area contributed by atoms with E-state index >= 15 is 0 Å². The number of nitrogens with zero attached hydrogens (tertiary/aromatic N) is 2. The van der Waals surface area contributed by atoms with Crippen LogP contribution in [0.4, 0.5) is 5.69 Å². The Balaban J connectivity index is 1.59. The molecule has 1 N–H and O–H groups in total. The van der Waals surface area contributed by atoms with Crippen molar-refractivity contribution in [2.75, 3.05) is 12.4 Å². The summed E-state index contributed by atoms with van der Waals surface area (Å²) in [5.41, 5.74) is 1.10. The Hall–Kier alpha value is -3.88. The molecule has 1 amide bonds. The molecule has 0 saturated carbocycles. The highest BCUT2D eigenvalue weighted by Crippen LogP contribution is 2.17. The first kappa shape index (κ1) is 19.9. The van der Waals surface area contributed by atoms with Gasteiger partial charge in [-0.2, -0.15) is 4.68 Å². The fourth-order valence-electron chi connectivity index (χ4n) is 2.46. The number of anilines is 1. The molecule has 3 aromatic rings. The van der Waals surface area contributed by atoms with Crippen molar-refractivity contribution < 1.29 is 23.5 Å². The van der Waals surface area contributed by atoms with E-state index in [0.29, 0.717) is 17.0 Å².